The Morgan fingerprint density at radius 1 is 1.22 bits per heavy atom. The molecule has 2 aromatic rings. The van der Waals surface area contributed by atoms with Crippen molar-refractivity contribution in [3.05, 3.63) is 50.3 Å². The van der Waals surface area contributed by atoms with Gasteiger partial charge >= 0.3 is 0 Å². The monoisotopic (exact) mass is 389 g/mol. The van der Waals surface area contributed by atoms with E-state index in [1.165, 1.54) is 12.4 Å². The van der Waals surface area contributed by atoms with Gasteiger partial charge in [-0.3, -0.25) is 4.79 Å². The summed E-state index contributed by atoms with van der Waals surface area (Å²) in [7, 11) is 0. The molecule has 1 heterocycles. The first kappa shape index (κ1) is 13.5. The minimum Gasteiger partial charge on any atom is -0.305 e. The maximum atomic E-state index is 11.9. The van der Waals surface area contributed by atoms with E-state index in [0.717, 1.165) is 4.47 Å². The molecule has 7 heteroatoms. The van der Waals surface area contributed by atoms with Crippen molar-refractivity contribution < 1.29 is 4.79 Å². The predicted molar refractivity (Wildman–Crippen MR) is 76.8 cm³/mol. The number of halogens is 3. The highest BCUT2D eigenvalue weighted by molar-refractivity contribution is 9.10. The van der Waals surface area contributed by atoms with Crippen molar-refractivity contribution in [1.82, 2.24) is 9.97 Å². The number of benzene rings is 1. The number of carbonyl (C=O) groups is 1. The average molecular weight is 391 g/mol. The number of hydrogen-bond acceptors (Lipinski definition) is 3. The zero-order chi connectivity index (χ0) is 13.1. The fraction of sp³-hybridized carbons (Fsp3) is 0. The second-order valence-electron chi connectivity index (χ2n) is 3.30. The summed E-state index contributed by atoms with van der Waals surface area (Å²) in [6.07, 6.45) is 2.95. The second-order valence-corrected chi connectivity index (χ2v) is 5.44. The molecule has 0 fully saturated rings. The molecule has 1 amide bonds. The minimum absolute atomic E-state index is 0.330. The summed E-state index contributed by atoms with van der Waals surface area (Å²) in [5.41, 5.74) is 0.379. The molecule has 4 nitrogen and oxygen atoms in total. The number of nitrogens with zero attached hydrogens (tertiary/aromatic N) is 2. The zero-order valence-electron chi connectivity index (χ0n) is 8.82. The number of amides is 1. The van der Waals surface area contributed by atoms with Crippen LogP contribution in [0.15, 0.2) is 39.7 Å². The first-order chi connectivity index (χ1) is 8.56. The number of nitrogens with one attached hydrogen (secondary N) is 1. The van der Waals surface area contributed by atoms with Gasteiger partial charge in [-0.05, 0) is 34.1 Å². The Morgan fingerprint density at radius 2 is 2.00 bits per heavy atom. The van der Waals surface area contributed by atoms with Crippen molar-refractivity contribution in [2.24, 2.45) is 0 Å². The van der Waals surface area contributed by atoms with Crippen LogP contribution in [-0.2, 0) is 0 Å². The maximum absolute atomic E-state index is 11.9. The van der Waals surface area contributed by atoms with Crippen LogP contribution in [0.5, 0.6) is 0 Å². The van der Waals surface area contributed by atoms with Gasteiger partial charge in [0.2, 0.25) is 0 Å². The Labute approximate surface area is 125 Å². The van der Waals surface area contributed by atoms with E-state index in [1.807, 2.05) is 0 Å². The number of rotatable bonds is 2. The maximum Gasteiger partial charge on any atom is 0.258 e. The van der Waals surface area contributed by atoms with Crippen LogP contribution in [0.1, 0.15) is 10.4 Å². The molecule has 0 radical (unpaired) electrons. The second kappa shape index (κ2) is 5.77. The van der Waals surface area contributed by atoms with Crippen molar-refractivity contribution >= 4 is 55.2 Å². The summed E-state index contributed by atoms with van der Waals surface area (Å²) >= 11 is 12.4. The first-order valence-electron chi connectivity index (χ1n) is 4.80. The quantitative estimate of drug-likeness (QED) is 0.845. The van der Waals surface area contributed by atoms with Crippen molar-refractivity contribution in [1.29, 1.82) is 0 Å². The summed E-state index contributed by atoms with van der Waals surface area (Å²) in [5, 5.41) is 2.98. The molecule has 1 N–H and O–H groups in total. The van der Waals surface area contributed by atoms with E-state index in [1.54, 1.807) is 18.2 Å². The van der Waals surface area contributed by atoms with Crippen LogP contribution in [0.2, 0.25) is 5.02 Å². The molecule has 0 unspecified atom stereocenters. The van der Waals surface area contributed by atoms with Gasteiger partial charge in [0.1, 0.15) is 4.60 Å². The van der Waals surface area contributed by atoms with E-state index in [2.05, 4.69) is 47.1 Å². The smallest absolute Gasteiger partial charge is 0.258 e. The highest BCUT2D eigenvalue weighted by Gasteiger charge is 2.11. The molecule has 18 heavy (non-hydrogen) atoms. The summed E-state index contributed by atoms with van der Waals surface area (Å²) in [6.45, 7) is 0. The predicted octanol–water partition coefficient (Wildman–Crippen LogP) is 3.91. The molecule has 1 aromatic carbocycles. The Bertz CT molecular complexity index is 589. The van der Waals surface area contributed by atoms with E-state index >= 15 is 0 Å². The molecule has 0 spiro atoms. The van der Waals surface area contributed by atoms with Gasteiger partial charge in [-0.15, -0.1) is 0 Å². The van der Waals surface area contributed by atoms with Crippen molar-refractivity contribution in [3.63, 3.8) is 0 Å². The summed E-state index contributed by atoms with van der Waals surface area (Å²) in [6, 6.07) is 5.03. The van der Waals surface area contributed by atoms with Crippen LogP contribution in [0.3, 0.4) is 0 Å². The molecule has 0 saturated heterocycles. The lowest BCUT2D eigenvalue weighted by Crippen LogP contribution is -2.13. The molecule has 2 rings (SSSR count). The standard InChI is InChI=1S/C11H6Br2ClN3O/c12-6-1-2-7(8(14)3-6)11(18)17-10-5-15-9(13)4-16-10/h1-5H,(H,16,17,18). The number of carbonyl (C=O) groups excluding carboxylic acids is 1. The Kier molecular flexibility index (Phi) is 4.31. The van der Waals surface area contributed by atoms with Gasteiger partial charge in [-0.1, -0.05) is 27.5 Å². The Hall–Kier alpha value is -0.980. The van der Waals surface area contributed by atoms with Gasteiger partial charge in [0, 0.05) is 4.47 Å². The molecular weight excluding hydrogens is 385 g/mol. The van der Waals surface area contributed by atoms with E-state index in [4.69, 9.17) is 11.6 Å². The summed E-state index contributed by atoms with van der Waals surface area (Å²) in [5.74, 6) is 0.0336. The topological polar surface area (TPSA) is 54.9 Å². The van der Waals surface area contributed by atoms with Gasteiger partial charge in [-0.2, -0.15) is 0 Å². The largest absolute Gasteiger partial charge is 0.305 e. The third kappa shape index (κ3) is 3.28. The van der Waals surface area contributed by atoms with Crippen LogP contribution in [-0.4, -0.2) is 15.9 Å². The van der Waals surface area contributed by atoms with Crippen LogP contribution in [0.25, 0.3) is 0 Å². The van der Waals surface area contributed by atoms with E-state index in [-0.39, 0.29) is 5.91 Å². The van der Waals surface area contributed by atoms with Gasteiger partial charge in [-0.25, -0.2) is 9.97 Å². The number of hydrogen-bond donors (Lipinski definition) is 1. The van der Waals surface area contributed by atoms with Crippen molar-refractivity contribution in [2.75, 3.05) is 5.32 Å². The molecule has 1 aromatic heterocycles. The molecule has 0 atom stereocenters. The highest BCUT2D eigenvalue weighted by atomic mass is 79.9. The normalized spacial score (nSPS) is 10.2. The van der Waals surface area contributed by atoms with Crippen LogP contribution in [0, 0.1) is 0 Å². The van der Waals surface area contributed by atoms with Crippen LogP contribution in [0.4, 0.5) is 5.82 Å². The number of aromatic nitrogens is 2. The molecule has 0 bridgehead atoms. The molecule has 0 aliphatic heterocycles. The lowest BCUT2D eigenvalue weighted by molar-refractivity contribution is 0.102. The lowest BCUT2D eigenvalue weighted by atomic mass is 10.2. The lowest BCUT2D eigenvalue weighted by Gasteiger charge is -2.06. The molecule has 0 aliphatic rings. The molecule has 0 saturated carbocycles. The van der Waals surface area contributed by atoms with Gasteiger partial charge in [0.15, 0.2) is 5.82 Å². The zero-order valence-corrected chi connectivity index (χ0v) is 12.8. The van der Waals surface area contributed by atoms with E-state index in [0.29, 0.717) is 21.0 Å². The minimum atomic E-state index is -0.330. The average Bonchev–Trinajstić information content (AvgIpc) is 2.32. The van der Waals surface area contributed by atoms with Crippen molar-refractivity contribution in [2.45, 2.75) is 0 Å². The molecular formula is C11H6Br2ClN3O. The van der Waals surface area contributed by atoms with Gasteiger partial charge in [0.05, 0.1) is 23.0 Å². The first-order valence-corrected chi connectivity index (χ1v) is 6.76. The third-order valence-electron chi connectivity index (χ3n) is 2.04. The number of anilines is 1. The van der Waals surface area contributed by atoms with Gasteiger partial charge < -0.3 is 5.32 Å². The van der Waals surface area contributed by atoms with Crippen molar-refractivity contribution in [3.8, 4) is 0 Å². The summed E-state index contributed by atoms with van der Waals surface area (Å²) in [4.78, 5) is 19.9. The summed E-state index contributed by atoms with van der Waals surface area (Å²) < 4.78 is 1.41. The Morgan fingerprint density at radius 3 is 2.61 bits per heavy atom. The van der Waals surface area contributed by atoms with Crippen LogP contribution >= 0.6 is 43.5 Å². The highest BCUT2D eigenvalue weighted by Crippen LogP contribution is 2.22. The fourth-order valence-corrected chi connectivity index (χ4v) is 2.20. The Balaban J connectivity index is 2.19. The molecule has 92 valence electrons. The molecule has 0 aliphatic carbocycles. The SMILES string of the molecule is O=C(Nc1cnc(Br)cn1)c1ccc(Br)cc1Cl. The van der Waals surface area contributed by atoms with E-state index in [9.17, 15) is 4.79 Å². The van der Waals surface area contributed by atoms with Crippen LogP contribution < -0.4 is 5.32 Å². The third-order valence-corrected chi connectivity index (χ3v) is 3.25. The fourth-order valence-electron chi connectivity index (χ4n) is 1.23. The van der Waals surface area contributed by atoms with E-state index < -0.39 is 0 Å². The van der Waals surface area contributed by atoms with Gasteiger partial charge in [0.25, 0.3) is 5.91 Å².